The predicted molar refractivity (Wildman–Crippen MR) is 95.1 cm³/mol. The Labute approximate surface area is 164 Å². The van der Waals surface area contributed by atoms with Crippen molar-refractivity contribution in [1.29, 1.82) is 0 Å². The Kier molecular flexibility index (Phi) is 7.32. The fraction of sp³-hybridized carbons (Fsp3) is 0.625. The lowest BCUT2D eigenvalue weighted by Gasteiger charge is -2.43. The normalized spacial score (nSPS) is 26.6. The molecule has 1 aromatic heterocycles. The van der Waals surface area contributed by atoms with Gasteiger partial charge >= 0.3 is 17.9 Å². The lowest BCUT2D eigenvalue weighted by molar-refractivity contribution is -0.219. The number of azide groups is 1. The maximum Gasteiger partial charge on any atom is 0.303 e. The molecule has 0 unspecified atom stereocenters. The Hall–Kier alpha value is -2.69. The van der Waals surface area contributed by atoms with Gasteiger partial charge in [0.05, 0.1) is 10.7 Å². The molecular formula is C16H20N4O7S. The monoisotopic (exact) mass is 412 g/mol. The smallest absolute Gasteiger partial charge is 0.303 e. The molecule has 0 amide bonds. The van der Waals surface area contributed by atoms with E-state index in [4.69, 9.17) is 24.5 Å². The van der Waals surface area contributed by atoms with Crippen molar-refractivity contribution in [2.45, 2.75) is 58.2 Å². The molecule has 0 saturated carbocycles. The molecule has 1 saturated heterocycles. The van der Waals surface area contributed by atoms with Gasteiger partial charge in [0.1, 0.15) is 37.1 Å². The summed E-state index contributed by atoms with van der Waals surface area (Å²) in [6.07, 6.45) is -4.08. The van der Waals surface area contributed by atoms with Crippen molar-refractivity contribution in [1.82, 2.24) is 4.98 Å². The third kappa shape index (κ3) is 5.41. The molecule has 0 radical (unpaired) electrons. The van der Waals surface area contributed by atoms with Gasteiger partial charge in [-0.3, -0.25) is 14.4 Å². The number of carbonyl (C=O) groups is 3. The zero-order valence-corrected chi connectivity index (χ0v) is 16.5. The van der Waals surface area contributed by atoms with Gasteiger partial charge in [-0.15, -0.1) is 11.3 Å². The number of ether oxygens (including phenoxy) is 4. The average Bonchev–Trinajstić information content (AvgIpc) is 3.02. The molecule has 1 aromatic rings. The van der Waals surface area contributed by atoms with E-state index in [-0.39, 0.29) is 6.61 Å². The lowest BCUT2D eigenvalue weighted by Crippen LogP contribution is -2.57. The number of hydrogen-bond donors (Lipinski definition) is 0. The number of aryl methyl sites for hydroxylation is 1. The second kappa shape index (κ2) is 9.49. The van der Waals surface area contributed by atoms with E-state index in [9.17, 15) is 14.4 Å². The minimum atomic E-state index is -1.13. The number of aromatic nitrogens is 1. The maximum absolute atomic E-state index is 11.7. The largest absolute Gasteiger partial charge is 0.463 e. The number of thiazole rings is 1. The third-order valence-electron chi connectivity index (χ3n) is 3.83. The van der Waals surface area contributed by atoms with Crippen molar-refractivity contribution in [3.05, 3.63) is 26.5 Å². The van der Waals surface area contributed by atoms with E-state index in [0.717, 1.165) is 5.01 Å². The van der Waals surface area contributed by atoms with E-state index in [0.29, 0.717) is 5.69 Å². The summed E-state index contributed by atoms with van der Waals surface area (Å²) in [6, 6.07) is -1.11. The van der Waals surface area contributed by atoms with Crippen LogP contribution < -0.4 is 0 Å². The predicted octanol–water partition coefficient (Wildman–Crippen LogP) is 2.00. The summed E-state index contributed by atoms with van der Waals surface area (Å²) in [6.45, 7) is 5.13. The quantitative estimate of drug-likeness (QED) is 0.226. The lowest BCUT2D eigenvalue weighted by atomic mass is 9.91. The van der Waals surface area contributed by atoms with Crippen LogP contribution in [0.3, 0.4) is 0 Å². The highest BCUT2D eigenvalue weighted by Gasteiger charge is 2.50. The van der Waals surface area contributed by atoms with E-state index in [1.165, 1.54) is 32.1 Å². The molecule has 152 valence electrons. The van der Waals surface area contributed by atoms with E-state index in [2.05, 4.69) is 15.0 Å². The van der Waals surface area contributed by atoms with Gasteiger partial charge in [-0.25, -0.2) is 4.98 Å². The first-order chi connectivity index (χ1) is 13.2. The highest BCUT2D eigenvalue weighted by Crippen LogP contribution is 2.37. The van der Waals surface area contributed by atoms with Gasteiger partial charge in [-0.1, -0.05) is 5.11 Å². The summed E-state index contributed by atoms with van der Waals surface area (Å²) in [5.41, 5.74) is 9.48. The minimum absolute atomic E-state index is 0.253. The van der Waals surface area contributed by atoms with Crippen LogP contribution in [-0.4, -0.2) is 53.9 Å². The Morgan fingerprint density at radius 1 is 1.21 bits per heavy atom. The zero-order valence-electron chi connectivity index (χ0n) is 15.7. The average molecular weight is 412 g/mol. The molecule has 11 nitrogen and oxygen atoms in total. The van der Waals surface area contributed by atoms with Gasteiger partial charge in [-0.2, -0.15) is 0 Å². The minimum Gasteiger partial charge on any atom is -0.463 e. The third-order valence-corrected chi connectivity index (χ3v) is 4.62. The molecule has 0 aliphatic carbocycles. The highest BCUT2D eigenvalue weighted by molar-refractivity contribution is 7.09. The van der Waals surface area contributed by atoms with Crippen LogP contribution in [-0.2, 0) is 33.3 Å². The standard InChI is InChI=1S/C16H20N4O7S/c1-7-18-11(6-28-7)14-16(26-10(4)23)13(19-20-17)15(25-9(3)22)12(27-14)5-24-8(2)21/h6,12-16H,5H2,1-4H3/t12-,13+,14+,15+,16-/m1/s1. The molecule has 0 aromatic carbocycles. The van der Waals surface area contributed by atoms with E-state index in [1.54, 1.807) is 12.3 Å². The van der Waals surface area contributed by atoms with Gasteiger partial charge in [0.15, 0.2) is 0 Å². The summed E-state index contributed by atoms with van der Waals surface area (Å²) >= 11 is 1.36. The van der Waals surface area contributed by atoms with Crippen LogP contribution >= 0.6 is 11.3 Å². The first kappa shape index (κ1) is 21.6. The number of hydrogen-bond acceptors (Lipinski definition) is 10. The van der Waals surface area contributed by atoms with Crippen LogP contribution in [0, 0.1) is 6.92 Å². The van der Waals surface area contributed by atoms with Crippen LogP contribution in [0.1, 0.15) is 37.6 Å². The second-order valence-electron chi connectivity index (χ2n) is 6.03. The van der Waals surface area contributed by atoms with Crippen LogP contribution in [0.4, 0.5) is 0 Å². The van der Waals surface area contributed by atoms with Crippen molar-refractivity contribution >= 4 is 29.2 Å². The van der Waals surface area contributed by atoms with Crippen molar-refractivity contribution in [3.63, 3.8) is 0 Å². The fourth-order valence-electron chi connectivity index (χ4n) is 2.86. The molecule has 1 aliphatic heterocycles. The molecule has 1 fully saturated rings. The summed E-state index contributed by atoms with van der Waals surface area (Å²) in [5, 5.41) is 6.16. The molecule has 12 heteroatoms. The van der Waals surface area contributed by atoms with Crippen molar-refractivity contribution in [2.24, 2.45) is 5.11 Å². The molecule has 0 bridgehead atoms. The van der Waals surface area contributed by atoms with E-state index < -0.39 is 48.4 Å². The molecule has 0 N–H and O–H groups in total. The van der Waals surface area contributed by atoms with Crippen molar-refractivity contribution in [3.8, 4) is 0 Å². The molecule has 2 rings (SSSR count). The molecule has 28 heavy (non-hydrogen) atoms. The van der Waals surface area contributed by atoms with Crippen molar-refractivity contribution < 1.29 is 33.3 Å². The van der Waals surface area contributed by atoms with Gasteiger partial charge in [-0.05, 0) is 12.5 Å². The topological polar surface area (TPSA) is 150 Å². The molecule has 1 aliphatic rings. The zero-order chi connectivity index (χ0) is 20.8. The first-order valence-electron chi connectivity index (χ1n) is 8.32. The van der Waals surface area contributed by atoms with Gasteiger partial charge < -0.3 is 18.9 Å². The van der Waals surface area contributed by atoms with E-state index >= 15 is 0 Å². The number of rotatable bonds is 6. The maximum atomic E-state index is 11.7. The summed E-state index contributed by atoms with van der Waals surface area (Å²) in [7, 11) is 0. The SMILES string of the molecule is CC(=O)OC[C@H]1O[C@@H](c2csc(C)n2)[C@H](OC(C)=O)[C@@H](N=[N+]=[N-])[C@H]1OC(C)=O. The molecule has 2 heterocycles. The van der Waals surface area contributed by atoms with Crippen LogP contribution in [0.2, 0.25) is 0 Å². The fourth-order valence-corrected chi connectivity index (χ4v) is 3.50. The first-order valence-corrected chi connectivity index (χ1v) is 9.20. The van der Waals surface area contributed by atoms with Crippen LogP contribution in [0.15, 0.2) is 10.5 Å². The Bertz CT molecular complexity index is 792. The Balaban J connectivity index is 2.48. The molecule has 0 spiro atoms. The number of nitrogens with zero attached hydrogens (tertiary/aromatic N) is 4. The highest BCUT2D eigenvalue weighted by atomic mass is 32.1. The number of carbonyl (C=O) groups excluding carboxylic acids is 3. The van der Waals surface area contributed by atoms with Crippen LogP contribution in [0.5, 0.6) is 0 Å². The van der Waals surface area contributed by atoms with Crippen molar-refractivity contribution in [2.75, 3.05) is 6.61 Å². The van der Waals surface area contributed by atoms with Gasteiger partial charge in [0.2, 0.25) is 0 Å². The summed E-state index contributed by atoms with van der Waals surface area (Å²) < 4.78 is 21.6. The molecular weight excluding hydrogens is 392 g/mol. The van der Waals surface area contributed by atoms with Gasteiger partial charge in [0.25, 0.3) is 0 Å². The van der Waals surface area contributed by atoms with E-state index in [1.807, 2.05) is 0 Å². The molecule has 5 atom stereocenters. The number of esters is 3. The Morgan fingerprint density at radius 3 is 2.36 bits per heavy atom. The second-order valence-corrected chi connectivity index (χ2v) is 7.09. The van der Waals surface area contributed by atoms with Crippen LogP contribution in [0.25, 0.3) is 10.4 Å². The summed E-state index contributed by atoms with van der Waals surface area (Å²) in [4.78, 5) is 41.6. The summed E-state index contributed by atoms with van der Waals surface area (Å²) in [5.74, 6) is -1.86. The Morgan fingerprint density at radius 2 is 1.86 bits per heavy atom. The van der Waals surface area contributed by atoms with Gasteiger partial charge in [0, 0.05) is 31.1 Å².